The lowest BCUT2D eigenvalue weighted by molar-refractivity contribution is 0.405. The molecule has 0 spiro atoms. The molecule has 0 amide bonds. The third-order valence-electron chi connectivity index (χ3n) is 3.11. The SMILES string of the molecule is CCC1CN(C(=NC)NCCC(C)C)CCS1.I. The van der Waals surface area contributed by atoms with E-state index in [4.69, 9.17) is 0 Å². The van der Waals surface area contributed by atoms with Gasteiger partial charge in [0.2, 0.25) is 0 Å². The Balaban J connectivity index is 0.00000289. The van der Waals surface area contributed by atoms with Crippen molar-refractivity contribution >= 4 is 41.7 Å². The maximum atomic E-state index is 4.40. The van der Waals surface area contributed by atoms with E-state index < -0.39 is 0 Å². The van der Waals surface area contributed by atoms with Gasteiger partial charge in [-0.15, -0.1) is 24.0 Å². The Morgan fingerprint density at radius 1 is 1.50 bits per heavy atom. The average Bonchev–Trinajstić information content (AvgIpc) is 2.34. The average molecular weight is 385 g/mol. The molecule has 1 heterocycles. The molecular weight excluding hydrogens is 357 g/mol. The fourth-order valence-corrected chi connectivity index (χ4v) is 3.14. The Labute approximate surface area is 134 Å². The van der Waals surface area contributed by atoms with Crippen LogP contribution in [0.25, 0.3) is 0 Å². The zero-order valence-corrected chi connectivity index (χ0v) is 15.3. The second-order valence-electron chi connectivity index (χ2n) is 5.00. The summed E-state index contributed by atoms with van der Waals surface area (Å²) in [4.78, 5) is 6.81. The molecule has 1 saturated heterocycles. The summed E-state index contributed by atoms with van der Waals surface area (Å²) in [7, 11) is 1.89. The van der Waals surface area contributed by atoms with E-state index >= 15 is 0 Å². The van der Waals surface area contributed by atoms with Crippen LogP contribution in [0.4, 0.5) is 0 Å². The smallest absolute Gasteiger partial charge is 0.193 e. The molecule has 3 nitrogen and oxygen atoms in total. The van der Waals surface area contributed by atoms with Crippen molar-refractivity contribution in [2.75, 3.05) is 32.4 Å². The highest BCUT2D eigenvalue weighted by Crippen LogP contribution is 2.20. The molecule has 0 aromatic rings. The number of aliphatic imine (C=N–C) groups is 1. The summed E-state index contributed by atoms with van der Waals surface area (Å²) in [6.07, 6.45) is 2.46. The standard InChI is InChI=1S/C13H27N3S.HI/c1-5-12-10-16(8-9-17-12)13(14-4)15-7-6-11(2)3;/h11-12H,5-10H2,1-4H3,(H,14,15);1H. The van der Waals surface area contributed by atoms with Gasteiger partial charge < -0.3 is 10.2 Å². The highest BCUT2D eigenvalue weighted by Gasteiger charge is 2.21. The molecule has 0 aromatic heterocycles. The summed E-state index contributed by atoms with van der Waals surface area (Å²) in [6, 6.07) is 0. The molecule has 18 heavy (non-hydrogen) atoms. The number of hydrogen-bond donors (Lipinski definition) is 1. The molecule has 0 bridgehead atoms. The minimum Gasteiger partial charge on any atom is -0.356 e. The predicted molar refractivity (Wildman–Crippen MR) is 94.3 cm³/mol. The molecule has 0 saturated carbocycles. The molecule has 0 radical (unpaired) electrons. The molecule has 0 aliphatic carbocycles. The van der Waals surface area contributed by atoms with Gasteiger partial charge in [0.25, 0.3) is 0 Å². The van der Waals surface area contributed by atoms with Crippen LogP contribution < -0.4 is 5.32 Å². The number of nitrogens with one attached hydrogen (secondary N) is 1. The van der Waals surface area contributed by atoms with Crippen molar-refractivity contribution in [3.05, 3.63) is 0 Å². The van der Waals surface area contributed by atoms with Crippen molar-refractivity contribution in [2.45, 2.75) is 38.9 Å². The lowest BCUT2D eigenvalue weighted by Crippen LogP contribution is -2.48. The monoisotopic (exact) mass is 385 g/mol. The van der Waals surface area contributed by atoms with Crippen molar-refractivity contribution in [2.24, 2.45) is 10.9 Å². The third-order valence-corrected chi connectivity index (χ3v) is 4.48. The summed E-state index contributed by atoms with van der Waals surface area (Å²) in [6.45, 7) is 10.1. The van der Waals surface area contributed by atoms with E-state index in [0.717, 1.165) is 36.8 Å². The zero-order valence-electron chi connectivity index (χ0n) is 12.1. The first-order valence-electron chi connectivity index (χ1n) is 6.74. The van der Waals surface area contributed by atoms with E-state index in [9.17, 15) is 0 Å². The lowest BCUT2D eigenvalue weighted by atomic mass is 10.1. The molecule has 0 aromatic carbocycles. The van der Waals surface area contributed by atoms with Crippen molar-refractivity contribution in [3.8, 4) is 0 Å². The van der Waals surface area contributed by atoms with E-state index in [1.54, 1.807) is 0 Å². The highest BCUT2D eigenvalue weighted by molar-refractivity contribution is 14.0. The number of guanidine groups is 1. The minimum atomic E-state index is 0. The molecule has 1 unspecified atom stereocenters. The summed E-state index contributed by atoms with van der Waals surface area (Å²) in [5.74, 6) is 3.06. The minimum absolute atomic E-state index is 0. The Bertz CT molecular complexity index is 246. The van der Waals surface area contributed by atoms with E-state index in [1.807, 2.05) is 7.05 Å². The lowest BCUT2D eigenvalue weighted by Gasteiger charge is -2.34. The van der Waals surface area contributed by atoms with Crippen LogP contribution in [0, 0.1) is 5.92 Å². The fraction of sp³-hybridized carbons (Fsp3) is 0.923. The number of hydrogen-bond acceptors (Lipinski definition) is 2. The second-order valence-corrected chi connectivity index (χ2v) is 6.41. The summed E-state index contributed by atoms with van der Waals surface area (Å²) < 4.78 is 0. The van der Waals surface area contributed by atoms with E-state index in [0.29, 0.717) is 0 Å². The second kappa shape index (κ2) is 10.2. The molecule has 1 rings (SSSR count). The Morgan fingerprint density at radius 3 is 2.78 bits per heavy atom. The third kappa shape index (κ3) is 6.50. The molecule has 5 heteroatoms. The normalized spacial score (nSPS) is 20.8. The van der Waals surface area contributed by atoms with Crippen LogP contribution in [0.15, 0.2) is 4.99 Å². The van der Waals surface area contributed by atoms with Gasteiger partial charge >= 0.3 is 0 Å². The van der Waals surface area contributed by atoms with Crippen molar-refractivity contribution in [3.63, 3.8) is 0 Å². The molecular formula is C13H28IN3S. The molecule has 1 fully saturated rings. The van der Waals surface area contributed by atoms with Gasteiger partial charge in [0.15, 0.2) is 5.96 Å². The Morgan fingerprint density at radius 2 is 2.22 bits per heavy atom. The maximum absolute atomic E-state index is 4.40. The van der Waals surface area contributed by atoms with E-state index in [1.165, 1.54) is 18.6 Å². The van der Waals surface area contributed by atoms with Gasteiger partial charge in [-0.3, -0.25) is 4.99 Å². The Kier molecular flexibility index (Phi) is 10.4. The molecule has 1 aliphatic heterocycles. The van der Waals surface area contributed by atoms with Gasteiger partial charge in [0.1, 0.15) is 0 Å². The van der Waals surface area contributed by atoms with Gasteiger partial charge in [0.05, 0.1) is 0 Å². The first-order chi connectivity index (χ1) is 8.17. The topological polar surface area (TPSA) is 27.6 Å². The van der Waals surface area contributed by atoms with E-state index in [-0.39, 0.29) is 24.0 Å². The van der Waals surface area contributed by atoms with Crippen LogP contribution in [0.3, 0.4) is 0 Å². The van der Waals surface area contributed by atoms with Crippen molar-refractivity contribution < 1.29 is 0 Å². The predicted octanol–water partition coefficient (Wildman–Crippen LogP) is 3.05. The van der Waals surface area contributed by atoms with E-state index in [2.05, 4.69) is 47.7 Å². The van der Waals surface area contributed by atoms with Crippen LogP contribution >= 0.6 is 35.7 Å². The number of thioether (sulfide) groups is 1. The first kappa shape index (κ1) is 18.4. The van der Waals surface area contributed by atoms with Crippen LogP contribution in [-0.2, 0) is 0 Å². The quantitative estimate of drug-likeness (QED) is 0.458. The largest absolute Gasteiger partial charge is 0.356 e. The molecule has 1 aliphatic rings. The van der Waals surface area contributed by atoms with Gasteiger partial charge in [-0.2, -0.15) is 11.8 Å². The molecule has 1 atom stereocenters. The fourth-order valence-electron chi connectivity index (χ4n) is 1.96. The maximum Gasteiger partial charge on any atom is 0.193 e. The zero-order chi connectivity index (χ0) is 12.7. The van der Waals surface area contributed by atoms with Crippen LogP contribution in [0.1, 0.15) is 33.6 Å². The van der Waals surface area contributed by atoms with Crippen molar-refractivity contribution in [1.29, 1.82) is 0 Å². The van der Waals surface area contributed by atoms with Crippen LogP contribution in [0.5, 0.6) is 0 Å². The number of rotatable bonds is 4. The molecule has 108 valence electrons. The number of halogens is 1. The molecule has 1 N–H and O–H groups in total. The van der Waals surface area contributed by atoms with Gasteiger partial charge in [0, 0.05) is 37.7 Å². The van der Waals surface area contributed by atoms with Crippen LogP contribution in [0.2, 0.25) is 0 Å². The van der Waals surface area contributed by atoms with Gasteiger partial charge in [-0.1, -0.05) is 20.8 Å². The van der Waals surface area contributed by atoms with Crippen molar-refractivity contribution in [1.82, 2.24) is 10.2 Å². The van der Waals surface area contributed by atoms with Gasteiger partial charge in [-0.25, -0.2) is 0 Å². The summed E-state index contributed by atoms with van der Waals surface area (Å²) >= 11 is 2.10. The Hall–Kier alpha value is 0.350. The van der Waals surface area contributed by atoms with Gasteiger partial charge in [-0.05, 0) is 18.8 Å². The first-order valence-corrected chi connectivity index (χ1v) is 7.79. The van der Waals surface area contributed by atoms with Crippen LogP contribution in [-0.4, -0.2) is 48.5 Å². The highest BCUT2D eigenvalue weighted by atomic mass is 127. The summed E-state index contributed by atoms with van der Waals surface area (Å²) in [5.41, 5.74) is 0. The summed E-state index contributed by atoms with van der Waals surface area (Å²) in [5, 5.41) is 4.25. The number of nitrogens with zero attached hydrogens (tertiary/aromatic N) is 2.